The van der Waals surface area contributed by atoms with Crippen molar-refractivity contribution in [3.63, 3.8) is 0 Å². The number of aromatic amines is 1. The number of hydrogen-bond acceptors (Lipinski definition) is 3. The Balaban J connectivity index is 1.99. The SMILES string of the molecule is CC(O)(c1cccc2[nH]c(Cl)nc12)n1cnc2ccccc21. The molecule has 0 fully saturated rings. The summed E-state index contributed by atoms with van der Waals surface area (Å²) in [4.78, 5) is 11.6. The van der Waals surface area contributed by atoms with E-state index in [9.17, 15) is 5.11 Å². The molecule has 2 heterocycles. The maximum atomic E-state index is 11.2. The Hall–Kier alpha value is -2.37. The fraction of sp³-hybridized carbons (Fsp3) is 0.125. The zero-order valence-corrected chi connectivity index (χ0v) is 12.5. The van der Waals surface area contributed by atoms with Crippen LogP contribution in [0.15, 0.2) is 48.8 Å². The summed E-state index contributed by atoms with van der Waals surface area (Å²) < 4.78 is 1.74. The fourth-order valence-electron chi connectivity index (χ4n) is 2.82. The zero-order chi connectivity index (χ0) is 15.3. The predicted octanol–water partition coefficient (Wildman–Crippen LogP) is 3.28. The summed E-state index contributed by atoms with van der Waals surface area (Å²) in [5.74, 6) is 0. The smallest absolute Gasteiger partial charge is 0.201 e. The summed E-state index contributed by atoms with van der Waals surface area (Å²) in [6.45, 7) is 1.72. The van der Waals surface area contributed by atoms with E-state index in [1.807, 2.05) is 42.5 Å². The monoisotopic (exact) mass is 312 g/mol. The van der Waals surface area contributed by atoms with Crippen LogP contribution in [-0.2, 0) is 5.72 Å². The Bertz CT molecular complexity index is 986. The molecule has 0 aliphatic rings. The molecule has 0 aliphatic heterocycles. The third-order valence-electron chi connectivity index (χ3n) is 3.92. The topological polar surface area (TPSA) is 66.7 Å². The molecule has 2 N–H and O–H groups in total. The minimum Gasteiger partial charge on any atom is -0.367 e. The van der Waals surface area contributed by atoms with Gasteiger partial charge in [-0.15, -0.1) is 0 Å². The summed E-state index contributed by atoms with van der Waals surface area (Å²) in [5.41, 5.74) is 2.48. The highest BCUT2D eigenvalue weighted by Gasteiger charge is 2.30. The first kappa shape index (κ1) is 13.3. The number of nitrogens with one attached hydrogen (secondary N) is 1. The first-order chi connectivity index (χ1) is 10.6. The molecule has 0 saturated heterocycles. The number of aromatic nitrogens is 4. The summed E-state index contributed by atoms with van der Waals surface area (Å²) >= 11 is 5.96. The van der Waals surface area contributed by atoms with Gasteiger partial charge in [0.25, 0.3) is 0 Å². The van der Waals surface area contributed by atoms with Gasteiger partial charge in [0.15, 0.2) is 5.72 Å². The van der Waals surface area contributed by atoms with Crippen LogP contribution in [-0.4, -0.2) is 24.6 Å². The average molecular weight is 313 g/mol. The molecule has 2 aromatic carbocycles. The molecule has 0 radical (unpaired) electrons. The van der Waals surface area contributed by atoms with Crippen LogP contribution in [0.1, 0.15) is 12.5 Å². The number of hydrogen-bond donors (Lipinski definition) is 2. The second-order valence-corrected chi connectivity index (χ2v) is 5.71. The van der Waals surface area contributed by atoms with Crippen LogP contribution >= 0.6 is 11.6 Å². The highest BCUT2D eigenvalue weighted by molar-refractivity contribution is 6.29. The molecule has 0 spiro atoms. The quantitative estimate of drug-likeness (QED) is 0.597. The van der Waals surface area contributed by atoms with E-state index in [1.54, 1.807) is 17.8 Å². The molecular weight excluding hydrogens is 300 g/mol. The largest absolute Gasteiger partial charge is 0.367 e. The van der Waals surface area contributed by atoms with Crippen LogP contribution in [0, 0.1) is 0 Å². The average Bonchev–Trinajstić information content (AvgIpc) is 3.08. The lowest BCUT2D eigenvalue weighted by Gasteiger charge is -2.26. The lowest BCUT2D eigenvalue weighted by molar-refractivity contribution is 0.0307. The van der Waals surface area contributed by atoms with Gasteiger partial charge in [0.1, 0.15) is 0 Å². The van der Waals surface area contributed by atoms with E-state index in [0.717, 1.165) is 16.6 Å². The lowest BCUT2D eigenvalue weighted by Crippen LogP contribution is -2.30. The maximum Gasteiger partial charge on any atom is 0.201 e. The molecule has 4 aromatic rings. The van der Waals surface area contributed by atoms with Crippen molar-refractivity contribution in [3.8, 4) is 0 Å². The van der Waals surface area contributed by atoms with Crippen molar-refractivity contribution in [3.05, 3.63) is 59.6 Å². The number of imidazole rings is 2. The molecule has 0 saturated carbocycles. The molecule has 0 amide bonds. The first-order valence-corrected chi connectivity index (χ1v) is 7.25. The van der Waals surface area contributed by atoms with E-state index >= 15 is 0 Å². The van der Waals surface area contributed by atoms with Gasteiger partial charge in [0.05, 0.1) is 28.4 Å². The predicted molar refractivity (Wildman–Crippen MR) is 85.8 cm³/mol. The summed E-state index contributed by atoms with van der Waals surface area (Å²) in [5, 5.41) is 11.5. The molecule has 4 rings (SSSR count). The van der Waals surface area contributed by atoms with Crippen LogP contribution in [0.2, 0.25) is 5.28 Å². The molecule has 1 unspecified atom stereocenters. The highest BCUT2D eigenvalue weighted by Crippen LogP contribution is 2.32. The lowest BCUT2D eigenvalue weighted by atomic mass is 10.0. The van der Waals surface area contributed by atoms with E-state index in [0.29, 0.717) is 16.4 Å². The highest BCUT2D eigenvalue weighted by atomic mass is 35.5. The Morgan fingerprint density at radius 1 is 1.18 bits per heavy atom. The fourth-order valence-corrected chi connectivity index (χ4v) is 3.01. The Labute approximate surface area is 131 Å². The van der Waals surface area contributed by atoms with Gasteiger partial charge >= 0.3 is 0 Å². The summed E-state index contributed by atoms with van der Waals surface area (Å²) in [6, 6.07) is 13.3. The zero-order valence-electron chi connectivity index (χ0n) is 11.8. The van der Waals surface area contributed by atoms with E-state index in [-0.39, 0.29) is 0 Å². The molecule has 22 heavy (non-hydrogen) atoms. The number of fused-ring (bicyclic) bond motifs is 2. The van der Waals surface area contributed by atoms with Crippen molar-refractivity contribution in [2.45, 2.75) is 12.6 Å². The number of rotatable bonds is 2. The van der Waals surface area contributed by atoms with Crippen LogP contribution in [0.3, 0.4) is 0 Å². The Morgan fingerprint density at radius 3 is 2.86 bits per heavy atom. The van der Waals surface area contributed by atoms with Crippen LogP contribution < -0.4 is 0 Å². The minimum atomic E-state index is -1.30. The third-order valence-corrected chi connectivity index (χ3v) is 4.10. The van der Waals surface area contributed by atoms with Crippen LogP contribution in [0.5, 0.6) is 0 Å². The number of aliphatic hydroxyl groups is 1. The van der Waals surface area contributed by atoms with Crippen LogP contribution in [0.4, 0.5) is 0 Å². The molecular formula is C16H13ClN4O. The Morgan fingerprint density at radius 2 is 2.00 bits per heavy atom. The van der Waals surface area contributed by atoms with Gasteiger partial charge in [-0.2, -0.15) is 0 Å². The van der Waals surface area contributed by atoms with Gasteiger partial charge in [-0.3, -0.25) is 4.57 Å². The molecule has 0 aliphatic carbocycles. The van der Waals surface area contributed by atoms with Gasteiger partial charge in [0, 0.05) is 5.56 Å². The van der Waals surface area contributed by atoms with E-state index in [1.165, 1.54) is 0 Å². The van der Waals surface area contributed by atoms with E-state index < -0.39 is 5.72 Å². The normalized spacial score (nSPS) is 14.5. The number of halogens is 1. The van der Waals surface area contributed by atoms with Gasteiger partial charge in [-0.05, 0) is 36.7 Å². The van der Waals surface area contributed by atoms with Crippen molar-refractivity contribution >= 4 is 33.7 Å². The van der Waals surface area contributed by atoms with Crippen molar-refractivity contribution in [1.29, 1.82) is 0 Å². The van der Waals surface area contributed by atoms with E-state index in [4.69, 9.17) is 11.6 Å². The molecule has 1 atom stereocenters. The second-order valence-electron chi connectivity index (χ2n) is 5.35. The summed E-state index contributed by atoms with van der Waals surface area (Å²) in [7, 11) is 0. The molecule has 2 aromatic heterocycles. The standard InChI is InChI=1S/C16H13ClN4O/c1-16(22,21-9-18-11-6-2-3-8-13(11)21)10-5-4-7-12-14(10)20-15(17)19-12/h2-9,22H,1H3,(H,19,20). The first-order valence-electron chi connectivity index (χ1n) is 6.87. The van der Waals surface area contributed by atoms with Crippen molar-refractivity contribution in [1.82, 2.24) is 19.5 Å². The van der Waals surface area contributed by atoms with Crippen molar-refractivity contribution in [2.24, 2.45) is 0 Å². The number of H-pyrrole nitrogens is 1. The van der Waals surface area contributed by atoms with Crippen molar-refractivity contribution < 1.29 is 5.11 Å². The second kappa shape index (κ2) is 4.56. The molecule has 0 bridgehead atoms. The number of para-hydroxylation sites is 3. The van der Waals surface area contributed by atoms with Gasteiger partial charge in [-0.25, -0.2) is 9.97 Å². The summed E-state index contributed by atoms with van der Waals surface area (Å²) in [6.07, 6.45) is 1.64. The number of nitrogens with zero attached hydrogens (tertiary/aromatic N) is 3. The third kappa shape index (κ3) is 1.83. The minimum absolute atomic E-state index is 0.300. The van der Waals surface area contributed by atoms with Crippen molar-refractivity contribution in [2.75, 3.05) is 0 Å². The molecule has 110 valence electrons. The Kier molecular flexibility index (Phi) is 2.76. The molecule has 5 nitrogen and oxygen atoms in total. The van der Waals surface area contributed by atoms with Gasteiger partial charge < -0.3 is 10.1 Å². The maximum absolute atomic E-state index is 11.2. The van der Waals surface area contributed by atoms with Gasteiger partial charge in [-0.1, -0.05) is 24.3 Å². The van der Waals surface area contributed by atoms with Crippen LogP contribution in [0.25, 0.3) is 22.1 Å². The van der Waals surface area contributed by atoms with E-state index in [2.05, 4.69) is 15.0 Å². The molecule has 6 heteroatoms. The van der Waals surface area contributed by atoms with Gasteiger partial charge in [0.2, 0.25) is 5.28 Å². The number of benzene rings is 2.